The van der Waals surface area contributed by atoms with Gasteiger partial charge < -0.3 is 0 Å². The summed E-state index contributed by atoms with van der Waals surface area (Å²) in [6.07, 6.45) is 1.16. The monoisotopic (exact) mass is 407 g/mol. The molecule has 3 heterocycles. The molecule has 0 amide bonds. The van der Waals surface area contributed by atoms with E-state index >= 15 is 0 Å². The molecule has 25 heavy (non-hydrogen) atoms. The van der Waals surface area contributed by atoms with Gasteiger partial charge in [-0.25, -0.2) is 0 Å². The molecule has 0 spiro atoms. The molecule has 0 aliphatic carbocycles. The van der Waals surface area contributed by atoms with Gasteiger partial charge in [-0.05, 0) is 6.42 Å². The smallest absolute Gasteiger partial charge is 0.191 e. The summed E-state index contributed by atoms with van der Waals surface area (Å²) in [6.45, 7) is 2.18. The third kappa shape index (κ3) is 3.89. The van der Waals surface area contributed by atoms with E-state index in [1.54, 1.807) is 46.6 Å². The number of hydrogen-bond donors (Lipinski definition) is 0. The summed E-state index contributed by atoms with van der Waals surface area (Å²) in [5.74, 6) is 4.06. The molecule has 0 saturated carbocycles. The number of nitrogens with zero attached hydrogens (tertiary/aromatic N) is 5. The minimum Gasteiger partial charge on any atom is -0.297 e. The molecule has 0 bridgehead atoms. The molecule has 1 aliphatic rings. The van der Waals surface area contributed by atoms with Gasteiger partial charge in [0.25, 0.3) is 0 Å². The molecule has 0 saturated heterocycles. The fraction of sp³-hybridized carbons (Fsp3) is 0.375. The maximum absolute atomic E-state index is 4.41. The first kappa shape index (κ1) is 17.4. The highest BCUT2D eigenvalue weighted by Crippen LogP contribution is 2.39. The summed E-state index contributed by atoms with van der Waals surface area (Å²) >= 11 is 7.05. The van der Waals surface area contributed by atoms with Crippen LogP contribution in [0.5, 0.6) is 0 Å². The van der Waals surface area contributed by atoms with E-state index in [9.17, 15) is 0 Å². The number of thioether (sulfide) groups is 3. The zero-order chi connectivity index (χ0) is 17.1. The first-order valence-electron chi connectivity index (χ1n) is 8.07. The van der Waals surface area contributed by atoms with Crippen molar-refractivity contribution in [2.24, 2.45) is 0 Å². The molecule has 0 radical (unpaired) electrons. The quantitative estimate of drug-likeness (QED) is 0.524. The van der Waals surface area contributed by atoms with Crippen LogP contribution in [-0.2, 0) is 0 Å². The predicted octanol–water partition coefficient (Wildman–Crippen LogP) is 4.74. The van der Waals surface area contributed by atoms with Gasteiger partial charge in [-0.2, -0.15) is 0 Å². The van der Waals surface area contributed by atoms with Crippen LogP contribution < -0.4 is 0 Å². The Kier molecular flexibility index (Phi) is 5.64. The van der Waals surface area contributed by atoms with Crippen LogP contribution in [0.4, 0.5) is 0 Å². The minimum absolute atomic E-state index is 0.380. The largest absolute Gasteiger partial charge is 0.297 e. The lowest BCUT2D eigenvalue weighted by Gasteiger charge is -2.13. The van der Waals surface area contributed by atoms with Gasteiger partial charge in [0, 0.05) is 22.8 Å². The highest BCUT2D eigenvalue weighted by Gasteiger charge is 2.28. The van der Waals surface area contributed by atoms with Crippen molar-refractivity contribution in [1.29, 1.82) is 0 Å². The first-order chi connectivity index (χ1) is 12.3. The number of rotatable bonds is 7. The number of hydrogen-bond acceptors (Lipinski definition) is 8. The number of fused-ring (bicyclic) bond motifs is 1. The second kappa shape index (κ2) is 8.11. The Morgan fingerprint density at radius 2 is 1.88 bits per heavy atom. The molecule has 2 aromatic heterocycles. The Labute approximate surface area is 163 Å². The topological polar surface area (TPSA) is 56.5 Å². The SMILES string of the molecule is CCCSc1nnc(SCC2CSc3nnc(-c4ccccc4)n32)s1. The highest BCUT2D eigenvalue weighted by atomic mass is 32.2. The van der Waals surface area contributed by atoms with Crippen LogP contribution in [0.15, 0.2) is 44.2 Å². The Balaban J connectivity index is 1.46. The third-order valence-electron chi connectivity index (χ3n) is 3.68. The van der Waals surface area contributed by atoms with E-state index in [-0.39, 0.29) is 0 Å². The predicted molar refractivity (Wildman–Crippen MR) is 107 cm³/mol. The van der Waals surface area contributed by atoms with Crippen LogP contribution in [0.25, 0.3) is 11.4 Å². The minimum atomic E-state index is 0.380. The lowest BCUT2D eigenvalue weighted by atomic mass is 10.2. The third-order valence-corrected chi connectivity index (χ3v) is 8.31. The lowest BCUT2D eigenvalue weighted by molar-refractivity contribution is 0.597. The summed E-state index contributed by atoms with van der Waals surface area (Å²) in [5.41, 5.74) is 1.12. The average molecular weight is 408 g/mol. The first-order valence-corrected chi connectivity index (χ1v) is 11.8. The molecular formula is C16H17N5S4. The second-order valence-corrected chi connectivity index (χ2v) is 10.1. The molecule has 3 aromatic rings. The molecule has 1 unspecified atom stereocenters. The Morgan fingerprint density at radius 1 is 1.08 bits per heavy atom. The molecule has 0 N–H and O–H groups in total. The van der Waals surface area contributed by atoms with E-state index in [1.165, 1.54) is 0 Å². The Hall–Kier alpha value is -1.03. The van der Waals surface area contributed by atoms with E-state index in [1.807, 2.05) is 18.2 Å². The Morgan fingerprint density at radius 3 is 2.68 bits per heavy atom. The van der Waals surface area contributed by atoms with Crippen molar-refractivity contribution >= 4 is 46.6 Å². The van der Waals surface area contributed by atoms with Crippen molar-refractivity contribution in [3.05, 3.63) is 30.3 Å². The van der Waals surface area contributed by atoms with E-state index in [4.69, 9.17) is 0 Å². The van der Waals surface area contributed by atoms with Crippen molar-refractivity contribution in [3.8, 4) is 11.4 Å². The summed E-state index contributed by atoms with van der Waals surface area (Å²) in [7, 11) is 0. The summed E-state index contributed by atoms with van der Waals surface area (Å²) in [6, 6.07) is 10.7. The average Bonchev–Trinajstić information content (AvgIpc) is 3.36. The fourth-order valence-corrected chi connectivity index (χ4v) is 6.81. The fourth-order valence-electron chi connectivity index (χ4n) is 2.53. The lowest BCUT2D eigenvalue weighted by Crippen LogP contribution is -2.11. The summed E-state index contributed by atoms with van der Waals surface area (Å²) in [5, 5.41) is 18.4. The van der Waals surface area contributed by atoms with Gasteiger partial charge in [-0.15, -0.1) is 20.4 Å². The normalized spacial score (nSPS) is 16.3. The van der Waals surface area contributed by atoms with Crippen molar-refractivity contribution in [3.63, 3.8) is 0 Å². The van der Waals surface area contributed by atoms with E-state index in [0.717, 1.165) is 48.9 Å². The van der Waals surface area contributed by atoms with Crippen molar-refractivity contribution in [2.45, 2.75) is 33.2 Å². The van der Waals surface area contributed by atoms with Gasteiger partial charge in [0.2, 0.25) is 0 Å². The van der Waals surface area contributed by atoms with Crippen molar-refractivity contribution in [1.82, 2.24) is 25.0 Å². The molecule has 4 rings (SSSR count). The van der Waals surface area contributed by atoms with Crippen LogP contribution in [0.2, 0.25) is 0 Å². The molecule has 130 valence electrons. The van der Waals surface area contributed by atoms with Crippen LogP contribution in [0, 0.1) is 0 Å². The number of aromatic nitrogens is 5. The van der Waals surface area contributed by atoms with Gasteiger partial charge >= 0.3 is 0 Å². The van der Waals surface area contributed by atoms with Gasteiger partial charge in [0.15, 0.2) is 19.7 Å². The van der Waals surface area contributed by atoms with Gasteiger partial charge in [-0.1, -0.05) is 83.9 Å². The summed E-state index contributed by atoms with van der Waals surface area (Å²) in [4.78, 5) is 0. The van der Waals surface area contributed by atoms with Crippen LogP contribution in [0.1, 0.15) is 19.4 Å². The van der Waals surface area contributed by atoms with Crippen molar-refractivity contribution < 1.29 is 0 Å². The molecule has 5 nitrogen and oxygen atoms in total. The summed E-state index contributed by atoms with van der Waals surface area (Å²) < 4.78 is 4.40. The molecule has 9 heteroatoms. The number of benzene rings is 1. The molecule has 1 atom stereocenters. The van der Waals surface area contributed by atoms with Gasteiger partial charge in [0.1, 0.15) is 0 Å². The van der Waals surface area contributed by atoms with E-state index in [0.29, 0.717) is 6.04 Å². The van der Waals surface area contributed by atoms with Crippen molar-refractivity contribution in [2.75, 3.05) is 17.3 Å². The second-order valence-electron chi connectivity index (χ2n) is 5.50. The van der Waals surface area contributed by atoms with Crippen LogP contribution in [0.3, 0.4) is 0 Å². The maximum Gasteiger partial charge on any atom is 0.191 e. The maximum atomic E-state index is 4.41. The molecule has 0 fully saturated rings. The highest BCUT2D eigenvalue weighted by molar-refractivity contribution is 8.03. The molecule has 1 aliphatic heterocycles. The van der Waals surface area contributed by atoms with E-state index in [2.05, 4.69) is 44.0 Å². The van der Waals surface area contributed by atoms with Crippen LogP contribution >= 0.6 is 46.6 Å². The standard InChI is InChI=1S/C16H17N5S4/c1-2-8-22-15-19-20-16(25-15)24-10-12-9-23-14-18-17-13(21(12)14)11-6-4-3-5-7-11/h3-7,12H,2,8-10H2,1H3. The zero-order valence-corrected chi connectivity index (χ0v) is 16.9. The van der Waals surface area contributed by atoms with Crippen LogP contribution in [-0.4, -0.2) is 42.2 Å². The Bertz CT molecular complexity index is 832. The van der Waals surface area contributed by atoms with Gasteiger partial charge in [-0.3, -0.25) is 4.57 Å². The molecule has 1 aromatic carbocycles. The molecular weight excluding hydrogens is 390 g/mol. The van der Waals surface area contributed by atoms with E-state index < -0.39 is 0 Å². The zero-order valence-electron chi connectivity index (χ0n) is 13.7. The van der Waals surface area contributed by atoms with Gasteiger partial charge in [0.05, 0.1) is 6.04 Å².